The molecule has 0 bridgehead atoms. The van der Waals surface area contributed by atoms with E-state index in [1.807, 2.05) is 13.8 Å². The lowest BCUT2D eigenvalue weighted by molar-refractivity contribution is -0.171. The van der Waals surface area contributed by atoms with E-state index in [-0.39, 0.29) is 47.8 Å². The van der Waals surface area contributed by atoms with E-state index < -0.39 is 56.8 Å². The van der Waals surface area contributed by atoms with Gasteiger partial charge in [-0.1, -0.05) is 41.5 Å². The number of carbonyl (C=O) groups is 4. The van der Waals surface area contributed by atoms with Gasteiger partial charge in [0.25, 0.3) is 0 Å². The summed E-state index contributed by atoms with van der Waals surface area (Å²) in [6.45, 7) is 12.0. The van der Waals surface area contributed by atoms with Gasteiger partial charge in [-0.15, -0.1) is 0 Å². The lowest BCUT2D eigenvalue weighted by Gasteiger charge is -2.59. The number of carbonyl (C=O) groups excluding carboxylic acids is 4. The molecule has 0 fully saturated rings. The maximum absolute atomic E-state index is 14.0. The number of hydrogen-bond acceptors (Lipinski definition) is 8. The minimum absolute atomic E-state index is 0.0137. The van der Waals surface area contributed by atoms with Crippen LogP contribution in [0, 0.1) is 28.6 Å². The van der Waals surface area contributed by atoms with E-state index in [1.54, 1.807) is 27.7 Å². The van der Waals surface area contributed by atoms with Crippen LogP contribution in [0.15, 0.2) is 34.8 Å². The van der Waals surface area contributed by atoms with E-state index in [9.17, 15) is 39.6 Å². The number of ketones is 4. The maximum atomic E-state index is 14.0. The zero-order chi connectivity index (χ0) is 29.4. The summed E-state index contributed by atoms with van der Waals surface area (Å²) in [5.41, 5.74) is -5.56. The summed E-state index contributed by atoms with van der Waals surface area (Å²) >= 11 is 0. The van der Waals surface area contributed by atoms with Crippen molar-refractivity contribution < 1.29 is 39.6 Å². The topological polar surface area (TPSA) is 149 Å². The number of allylic oxidation sites excluding steroid dienone is 2. The Kier molecular flexibility index (Phi) is 6.74. The Morgan fingerprint density at radius 3 is 2.21 bits per heavy atom. The Balaban J connectivity index is 2.00. The molecule has 0 radical (unpaired) electrons. The van der Waals surface area contributed by atoms with Crippen LogP contribution in [0.2, 0.25) is 0 Å². The van der Waals surface area contributed by atoms with Gasteiger partial charge in [0, 0.05) is 34.3 Å². The molecule has 0 saturated heterocycles. The molecule has 1 aromatic rings. The van der Waals surface area contributed by atoms with Crippen LogP contribution >= 0.6 is 0 Å². The van der Waals surface area contributed by atoms with E-state index in [4.69, 9.17) is 0 Å². The second-order valence-corrected chi connectivity index (χ2v) is 12.8. The van der Waals surface area contributed by atoms with Crippen molar-refractivity contribution in [2.45, 2.75) is 79.8 Å². The fraction of sp³-hybridized carbons (Fsp3) is 0.548. The summed E-state index contributed by atoms with van der Waals surface area (Å²) in [5, 5.41) is 45.7. The summed E-state index contributed by atoms with van der Waals surface area (Å²) < 4.78 is 0. The molecule has 0 spiro atoms. The van der Waals surface area contributed by atoms with Crippen LogP contribution in [-0.2, 0) is 16.0 Å². The molecule has 4 N–H and O–H groups in total. The fourth-order valence-corrected chi connectivity index (χ4v) is 7.55. The summed E-state index contributed by atoms with van der Waals surface area (Å²) in [6, 6.07) is 2.79. The number of fused-ring (bicyclic) bond motifs is 3. The average molecular weight is 539 g/mol. The van der Waals surface area contributed by atoms with Gasteiger partial charge in [-0.25, -0.2) is 0 Å². The van der Waals surface area contributed by atoms with Crippen molar-refractivity contribution in [3.63, 3.8) is 0 Å². The van der Waals surface area contributed by atoms with Crippen molar-refractivity contribution in [2.24, 2.45) is 28.6 Å². The molecule has 39 heavy (non-hydrogen) atoms. The van der Waals surface area contributed by atoms with Crippen molar-refractivity contribution in [1.29, 1.82) is 0 Å². The molecule has 0 heterocycles. The van der Waals surface area contributed by atoms with E-state index in [0.717, 1.165) is 6.92 Å². The SMILES string of the molecule is CC(=O)C1=C(O)C(C(C)C)[C@@]2(C)C[C@@]3(C)Cc4c(C(=O)CCC(C)C)ccc(O)c4C(=O)C3=C(O)[C@@]2(O)C1=O. The number of rotatable bonds is 6. The second kappa shape index (κ2) is 9.15. The third kappa shape index (κ3) is 3.82. The summed E-state index contributed by atoms with van der Waals surface area (Å²) in [5.74, 6) is -5.47. The number of benzene rings is 1. The Labute approximate surface area is 228 Å². The Morgan fingerprint density at radius 2 is 1.67 bits per heavy atom. The molecule has 0 amide bonds. The molecule has 4 rings (SSSR count). The van der Waals surface area contributed by atoms with Gasteiger partial charge in [0.15, 0.2) is 23.0 Å². The van der Waals surface area contributed by atoms with Crippen molar-refractivity contribution in [3.8, 4) is 5.75 Å². The van der Waals surface area contributed by atoms with Gasteiger partial charge in [0.2, 0.25) is 5.78 Å². The third-order valence-electron chi connectivity index (χ3n) is 9.14. The van der Waals surface area contributed by atoms with E-state index in [2.05, 4.69) is 0 Å². The van der Waals surface area contributed by atoms with E-state index >= 15 is 0 Å². The lowest BCUT2D eigenvalue weighted by atomic mass is 9.44. The molecule has 1 aromatic carbocycles. The van der Waals surface area contributed by atoms with Gasteiger partial charge in [0.05, 0.1) is 5.56 Å². The molecule has 3 aliphatic rings. The Hall–Kier alpha value is -3.26. The van der Waals surface area contributed by atoms with Crippen LogP contribution < -0.4 is 0 Å². The van der Waals surface area contributed by atoms with Crippen LogP contribution in [0.1, 0.15) is 94.0 Å². The van der Waals surface area contributed by atoms with Crippen molar-refractivity contribution in [1.82, 2.24) is 0 Å². The van der Waals surface area contributed by atoms with Gasteiger partial charge >= 0.3 is 0 Å². The first kappa shape index (κ1) is 28.7. The number of aliphatic hydroxyl groups excluding tert-OH is 2. The van der Waals surface area contributed by atoms with E-state index in [0.29, 0.717) is 23.5 Å². The highest BCUT2D eigenvalue weighted by Crippen LogP contribution is 2.65. The summed E-state index contributed by atoms with van der Waals surface area (Å²) in [4.78, 5) is 53.4. The van der Waals surface area contributed by atoms with Crippen LogP contribution in [0.5, 0.6) is 5.75 Å². The normalized spacial score (nSPS) is 30.5. The maximum Gasteiger partial charge on any atom is 0.209 e. The van der Waals surface area contributed by atoms with Gasteiger partial charge in [0.1, 0.15) is 22.8 Å². The molecular formula is C31H38O8. The standard InChI is InChI=1S/C31H38O8/c1-14(2)8-10-19(33)17-9-11-20(34)22-18(17)12-29(6)13-30(7)23(15(3)4)25(35)21(16(5)32)27(37)31(30,39)28(38)24(29)26(22)36/h9,11,14-15,23,34-35,38-39H,8,10,12-13H2,1-7H3/t23?,29-,30-,31+/m1/s1. The molecule has 1 unspecified atom stereocenters. The minimum atomic E-state index is -2.66. The monoisotopic (exact) mass is 538 g/mol. The van der Waals surface area contributed by atoms with Crippen LogP contribution in [-0.4, -0.2) is 49.2 Å². The van der Waals surface area contributed by atoms with Crippen molar-refractivity contribution >= 4 is 23.1 Å². The number of hydrogen-bond donors (Lipinski definition) is 4. The number of aromatic hydroxyl groups is 1. The first-order valence-electron chi connectivity index (χ1n) is 13.5. The summed E-state index contributed by atoms with van der Waals surface area (Å²) in [7, 11) is 0. The van der Waals surface area contributed by atoms with E-state index in [1.165, 1.54) is 12.1 Å². The highest BCUT2D eigenvalue weighted by Gasteiger charge is 2.71. The van der Waals surface area contributed by atoms with Gasteiger partial charge in [-0.3, -0.25) is 19.2 Å². The molecule has 210 valence electrons. The van der Waals surface area contributed by atoms with Crippen LogP contribution in [0.25, 0.3) is 0 Å². The van der Waals surface area contributed by atoms with Gasteiger partial charge < -0.3 is 20.4 Å². The van der Waals surface area contributed by atoms with Gasteiger partial charge in [-0.2, -0.15) is 0 Å². The zero-order valence-corrected chi connectivity index (χ0v) is 23.6. The number of Topliss-reactive ketones (excluding diaryl/α,β-unsaturated/α-hetero) is 4. The van der Waals surface area contributed by atoms with Crippen LogP contribution in [0.3, 0.4) is 0 Å². The molecule has 0 aliphatic heterocycles. The second-order valence-electron chi connectivity index (χ2n) is 12.8. The molecule has 3 aliphatic carbocycles. The lowest BCUT2D eigenvalue weighted by Crippen LogP contribution is -2.67. The molecule has 0 saturated carbocycles. The Bertz CT molecular complexity index is 1380. The molecular weight excluding hydrogens is 500 g/mol. The number of aliphatic hydroxyl groups is 3. The molecule has 8 nitrogen and oxygen atoms in total. The fourth-order valence-electron chi connectivity index (χ4n) is 7.55. The van der Waals surface area contributed by atoms with Gasteiger partial charge in [-0.05, 0) is 55.7 Å². The predicted octanol–water partition coefficient (Wildman–Crippen LogP) is 4.97. The molecule has 0 aromatic heterocycles. The van der Waals surface area contributed by atoms with Crippen LogP contribution in [0.4, 0.5) is 0 Å². The smallest absolute Gasteiger partial charge is 0.209 e. The quantitative estimate of drug-likeness (QED) is 0.293. The largest absolute Gasteiger partial charge is 0.511 e. The third-order valence-corrected chi connectivity index (χ3v) is 9.14. The van der Waals surface area contributed by atoms with Crippen molar-refractivity contribution in [3.05, 3.63) is 51.5 Å². The average Bonchev–Trinajstić information content (AvgIpc) is 2.79. The summed E-state index contributed by atoms with van der Waals surface area (Å²) in [6.07, 6.45) is 0.986. The highest BCUT2D eigenvalue weighted by atomic mass is 16.3. The highest BCUT2D eigenvalue weighted by molar-refractivity contribution is 6.25. The zero-order valence-electron chi connectivity index (χ0n) is 23.6. The first-order valence-corrected chi connectivity index (χ1v) is 13.5. The predicted molar refractivity (Wildman–Crippen MR) is 144 cm³/mol. The molecule has 8 heteroatoms. The number of phenolic OH excluding ortho intramolecular Hbond substituents is 1. The number of phenols is 1. The Morgan fingerprint density at radius 1 is 1.05 bits per heavy atom. The van der Waals surface area contributed by atoms with Crippen molar-refractivity contribution in [2.75, 3.05) is 0 Å². The minimum Gasteiger partial charge on any atom is -0.511 e. The first-order chi connectivity index (χ1) is 17.9. The molecule has 4 atom stereocenters.